The molecule has 0 aromatic rings. The SMILES string of the molecule is CC1CCC(OC2CS(=O)(=O)CC2I)CC1C. The summed E-state index contributed by atoms with van der Waals surface area (Å²) in [5.41, 5.74) is 0. The third kappa shape index (κ3) is 3.56. The van der Waals surface area contributed by atoms with Gasteiger partial charge in [0, 0.05) is 0 Å². The predicted octanol–water partition coefficient (Wildman–Crippen LogP) is 2.43. The molecule has 0 N–H and O–H groups in total. The Kier molecular flexibility index (Phi) is 4.41. The van der Waals surface area contributed by atoms with Gasteiger partial charge in [0.1, 0.15) is 0 Å². The second kappa shape index (κ2) is 5.33. The second-order valence-electron chi connectivity index (χ2n) is 5.66. The number of sulfone groups is 1. The molecular weight excluding hydrogens is 351 g/mol. The maximum absolute atomic E-state index is 11.5. The van der Waals surface area contributed by atoms with Crippen LogP contribution in [0.3, 0.4) is 0 Å². The van der Waals surface area contributed by atoms with E-state index in [4.69, 9.17) is 4.74 Å². The molecule has 1 heterocycles. The Bertz CT molecular complexity index is 368. The fourth-order valence-electron chi connectivity index (χ4n) is 2.77. The maximum Gasteiger partial charge on any atom is 0.154 e. The number of hydrogen-bond acceptors (Lipinski definition) is 3. The topological polar surface area (TPSA) is 43.4 Å². The minimum atomic E-state index is -2.85. The first-order valence-corrected chi connectivity index (χ1v) is 9.44. The van der Waals surface area contributed by atoms with Crippen molar-refractivity contribution in [2.24, 2.45) is 11.8 Å². The molecule has 2 rings (SSSR count). The van der Waals surface area contributed by atoms with Crippen molar-refractivity contribution >= 4 is 32.4 Å². The summed E-state index contributed by atoms with van der Waals surface area (Å²) < 4.78 is 29.2. The molecule has 1 aliphatic carbocycles. The zero-order valence-corrected chi connectivity index (χ0v) is 13.4. The van der Waals surface area contributed by atoms with E-state index in [0.717, 1.165) is 18.8 Å². The molecule has 1 saturated heterocycles. The van der Waals surface area contributed by atoms with Gasteiger partial charge in [-0.15, -0.1) is 0 Å². The fourth-order valence-corrected chi connectivity index (χ4v) is 6.83. The zero-order valence-electron chi connectivity index (χ0n) is 10.4. The lowest BCUT2D eigenvalue weighted by molar-refractivity contribution is -0.0324. The lowest BCUT2D eigenvalue weighted by Crippen LogP contribution is -2.33. The van der Waals surface area contributed by atoms with Crippen LogP contribution in [0.4, 0.5) is 0 Å². The summed E-state index contributed by atoms with van der Waals surface area (Å²) in [6.07, 6.45) is 3.58. The van der Waals surface area contributed by atoms with Crippen molar-refractivity contribution in [3.8, 4) is 0 Å². The molecule has 0 radical (unpaired) electrons. The van der Waals surface area contributed by atoms with Gasteiger partial charge in [0.05, 0.1) is 27.6 Å². The van der Waals surface area contributed by atoms with Crippen LogP contribution in [0.1, 0.15) is 33.1 Å². The van der Waals surface area contributed by atoms with E-state index in [1.807, 2.05) is 0 Å². The Morgan fingerprint density at radius 2 is 1.82 bits per heavy atom. The van der Waals surface area contributed by atoms with Crippen LogP contribution in [0.25, 0.3) is 0 Å². The minimum absolute atomic E-state index is 0.0776. The minimum Gasteiger partial charge on any atom is -0.373 e. The molecular formula is C12H21IO3S. The smallest absolute Gasteiger partial charge is 0.154 e. The highest BCUT2D eigenvalue weighted by molar-refractivity contribution is 14.1. The standard InChI is InChI=1S/C12H21IO3S/c1-8-3-4-10(5-9(8)2)16-12-7-17(14,15)6-11(12)13/h8-12H,3-7H2,1-2H3. The summed E-state index contributed by atoms with van der Waals surface area (Å²) in [5.74, 6) is 1.98. The van der Waals surface area contributed by atoms with Gasteiger partial charge in [-0.25, -0.2) is 8.42 Å². The van der Waals surface area contributed by atoms with Crippen LogP contribution in [-0.4, -0.2) is 36.1 Å². The summed E-state index contributed by atoms with van der Waals surface area (Å²) >= 11 is 2.22. The summed E-state index contributed by atoms with van der Waals surface area (Å²) in [7, 11) is -2.85. The molecule has 5 heteroatoms. The van der Waals surface area contributed by atoms with Crippen LogP contribution < -0.4 is 0 Å². The van der Waals surface area contributed by atoms with Gasteiger partial charge in [0.25, 0.3) is 0 Å². The fraction of sp³-hybridized carbons (Fsp3) is 1.00. The Morgan fingerprint density at radius 3 is 2.35 bits per heavy atom. The molecule has 1 saturated carbocycles. The number of halogens is 1. The lowest BCUT2D eigenvalue weighted by atomic mass is 9.80. The van der Waals surface area contributed by atoms with Gasteiger partial charge < -0.3 is 4.74 Å². The van der Waals surface area contributed by atoms with Crippen LogP contribution in [-0.2, 0) is 14.6 Å². The normalized spacial score (nSPS) is 45.9. The first kappa shape index (κ1) is 14.1. The Morgan fingerprint density at radius 1 is 1.12 bits per heavy atom. The maximum atomic E-state index is 11.5. The molecule has 0 aromatic carbocycles. The van der Waals surface area contributed by atoms with Crippen molar-refractivity contribution in [3.05, 3.63) is 0 Å². The van der Waals surface area contributed by atoms with Gasteiger partial charge >= 0.3 is 0 Å². The molecule has 2 fully saturated rings. The number of ether oxygens (including phenoxy) is 1. The third-order valence-electron chi connectivity index (χ3n) is 4.15. The van der Waals surface area contributed by atoms with Crippen LogP contribution in [0, 0.1) is 11.8 Å². The Hall–Kier alpha value is 0.640. The van der Waals surface area contributed by atoms with E-state index in [9.17, 15) is 8.42 Å². The van der Waals surface area contributed by atoms with E-state index in [-0.39, 0.29) is 27.6 Å². The molecule has 0 aromatic heterocycles. The molecule has 2 aliphatic rings. The average molecular weight is 372 g/mol. The van der Waals surface area contributed by atoms with Crippen molar-refractivity contribution in [2.45, 2.75) is 49.2 Å². The van der Waals surface area contributed by atoms with E-state index in [2.05, 4.69) is 36.4 Å². The van der Waals surface area contributed by atoms with E-state index in [1.54, 1.807) is 0 Å². The van der Waals surface area contributed by atoms with Gasteiger partial charge in [-0.3, -0.25) is 0 Å². The molecule has 17 heavy (non-hydrogen) atoms. The summed E-state index contributed by atoms with van der Waals surface area (Å²) in [6.45, 7) is 4.56. The molecule has 3 nitrogen and oxygen atoms in total. The number of rotatable bonds is 2. The van der Waals surface area contributed by atoms with Crippen molar-refractivity contribution < 1.29 is 13.2 Å². The summed E-state index contributed by atoms with van der Waals surface area (Å²) in [6, 6.07) is 0. The lowest BCUT2D eigenvalue weighted by Gasteiger charge is -2.33. The highest BCUT2D eigenvalue weighted by atomic mass is 127. The largest absolute Gasteiger partial charge is 0.373 e. The predicted molar refractivity (Wildman–Crippen MR) is 77.3 cm³/mol. The quantitative estimate of drug-likeness (QED) is 0.553. The third-order valence-corrected chi connectivity index (χ3v) is 7.70. The highest BCUT2D eigenvalue weighted by Crippen LogP contribution is 2.33. The van der Waals surface area contributed by atoms with Gasteiger partial charge in [-0.05, 0) is 31.1 Å². The molecule has 0 bridgehead atoms. The van der Waals surface area contributed by atoms with E-state index >= 15 is 0 Å². The average Bonchev–Trinajstić information content (AvgIpc) is 2.46. The van der Waals surface area contributed by atoms with E-state index in [0.29, 0.717) is 5.92 Å². The summed E-state index contributed by atoms with van der Waals surface area (Å²) in [4.78, 5) is 0. The molecule has 5 unspecified atom stereocenters. The van der Waals surface area contributed by atoms with Gasteiger partial charge in [-0.1, -0.05) is 36.4 Å². The van der Waals surface area contributed by atoms with Crippen LogP contribution in [0.5, 0.6) is 0 Å². The number of hydrogen-bond donors (Lipinski definition) is 0. The Balaban J connectivity index is 1.90. The van der Waals surface area contributed by atoms with Crippen LogP contribution in [0.15, 0.2) is 0 Å². The molecule has 0 amide bonds. The second-order valence-corrected chi connectivity index (χ2v) is 9.41. The number of alkyl halides is 1. The Labute approximate surface area is 118 Å². The van der Waals surface area contributed by atoms with Crippen LogP contribution in [0.2, 0.25) is 0 Å². The molecule has 1 aliphatic heterocycles. The van der Waals surface area contributed by atoms with Crippen molar-refractivity contribution in [1.82, 2.24) is 0 Å². The monoisotopic (exact) mass is 372 g/mol. The van der Waals surface area contributed by atoms with E-state index < -0.39 is 9.84 Å². The van der Waals surface area contributed by atoms with Crippen molar-refractivity contribution in [2.75, 3.05) is 11.5 Å². The highest BCUT2D eigenvalue weighted by Gasteiger charge is 2.39. The molecule has 100 valence electrons. The van der Waals surface area contributed by atoms with Crippen LogP contribution >= 0.6 is 22.6 Å². The zero-order chi connectivity index (χ0) is 12.6. The molecule has 5 atom stereocenters. The molecule has 0 spiro atoms. The van der Waals surface area contributed by atoms with Crippen molar-refractivity contribution in [1.29, 1.82) is 0 Å². The van der Waals surface area contributed by atoms with Gasteiger partial charge in [0.15, 0.2) is 9.84 Å². The van der Waals surface area contributed by atoms with E-state index in [1.165, 1.54) is 6.42 Å². The van der Waals surface area contributed by atoms with Crippen molar-refractivity contribution in [3.63, 3.8) is 0 Å². The first-order chi connectivity index (χ1) is 7.87. The first-order valence-electron chi connectivity index (χ1n) is 6.37. The summed E-state index contributed by atoms with van der Waals surface area (Å²) in [5, 5.41) is 0. The van der Waals surface area contributed by atoms with Gasteiger partial charge in [0.2, 0.25) is 0 Å². The van der Waals surface area contributed by atoms with Gasteiger partial charge in [-0.2, -0.15) is 0 Å².